The molecule has 0 atom stereocenters. The maximum Gasteiger partial charge on any atom is 0.217 e. The van der Waals surface area contributed by atoms with Crippen LogP contribution in [-0.4, -0.2) is 31.0 Å². The first kappa shape index (κ1) is 18.7. The topological polar surface area (TPSA) is 76.6 Å². The molecule has 0 amide bonds. The van der Waals surface area contributed by atoms with E-state index < -0.39 is 0 Å². The number of aryl methyl sites for hydroxylation is 1. The Hall–Kier alpha value is -3.28. The van der Waals surface area contributed by atoms with Gasteiger partial charge in [-0.25, -0.2) is 19.9 Å². The molecule has 0 bridgehead atoms. The second-order valence-corrected chi connectivity index (χ2v) is 8.06. The third-order valence-electron chi connectivity index (χ3n) is 5.80. The highest BCUT2D eigenvalue weighted by molar-refractivity contribution is 5.80. The first-order valence-electron chi connectivity index (χ1n) is 10.6. The van der Waals surface area contributed by atoms with Crippen LogP contribution >= 0.6 is 0 Å². The smallest absolute Gasteiger partial charge is 0.217 e. The summed E-state index contributed by atoms with van der Waals surface area (Å²) in [5.41, 5.74) is 6.44. The van der Waals surface area contributed by atoms with Crippen LogP contribution in [0.15, 0.2) is 49.3 Å². The number of aromatic nitrogens is 5. The van der Waals surface area contributed by atoms with Crippen LogP contribution in [0, 0.1) is 6.92 Å². The van der Waals surface area contributed by atoms with Crippen molar-refractivity contribution < 1.29 is 4.74 Å². The SMILES string of the molecule is Cc1cnc2[nH]cc(Cc3cncnc3Cc3cccnc3OC3CCCC3)c2c1. The van der Waals surface area contributed by atoms with Crippen molar-refractivity contribution in [3.8, 4) is 5.88 Å². The third kappa shape index (κ3) is 3.90. The first-order chi connectivity index (χ1) is 14.8. The number of hydrogen-bond acceptors (Lipinski definition) is 5. The van der Waals surface area contributed by atoms with Gasteiger partial charge in [0, 0.05) is 48.6 Å². The fraction of sp³-hybridized carbons (Fsp3) is 0.333. The van der Waals surface area contributed by atoms with Crippen LogP contribution in [0.2, 0.25) is 0 Å². The van der Waals surface area contributed by atoms with E-state index in [2.05, 4.69) is 44.0 Å². The van der Waals surface area contributed by atoms with Crippen molar-refractivity contribution in [2.24, 2.45) is 0 Å². The summed E-state index contributed by atoms with van der Waals surface area (Å²) in [6.07, 6.45) is 15.7. The second kappa shape index (κ2) is 8.22. The van der Waals surface area contributed by atoms with Crippen molar-refractivity contribution in [3.63, 3.8) is 0 Å². The largest absolute Gasteiger partial charge is 0.474 e. The van der Waals surface area contributed by atoms with Gasteiger partial charge in [-0.05, 0) is 61.4 Å². The zero-order chi connectivity index (χ0) is 20.3. The molecular weight excluding hydrogens is 374 g/mol. The van der Waals surface area contributed by atoms with E-state index in [0.717, 1.165) is 58.6 Å². The molecule has 4 aromatic heterocycles. The van der Waals surface area contributed by atoms with Crippen LogP contribution in [-0.2, 0) is 12.8 Å². The summed E-state index contributed by atoms with van der Waals surface area (Å²) in [7, 11) is 0. The number of ether oxygens (including phenoxy) is 1. The van der Waals surface area contributed by atoms with Crippen molar-refractivity contribution in [1.29, 1.82) is 0 Å². The molecule has 152 valence electrons. The van der Waals surface area contributed by atoms with Crippen LogP contribution in [0.4, 0.5) is 0 Å². The van der Waals surface area contributed by atoms with Gasteiger partial charge in [0.1, 0.15) is 18.1 Å². The van der Waals surface area contributed by atoms with E-state index >= 15 is 0 Å². The molecular formula is C24H25N5O. The number of nitrogens with zero attached hydrogens (tertiary/aromatic N) is 4. The van der Waals surface area contributed by atoms with Crippen LogP contribution in [0.1, 0.15) is 53.6 Å². The Bertz CT molecular complexity index is 1160. The van der Waals surface area contributed by atoms with Crippen molar-refractivity contribution >= 4 is 11.0 Å². The lowest BCUT2D eigenvalue weighted by atomic mass is 10.0. The van der Waals surface area contributed by atoms with Crippen LogP contribution in [0.25, 0.3) is 11.0 Å². The number of rotatable bonds is 6. The molecule has 0 saturated heterocycles. The third-order valence-corrected chi connectivity index (χ3v) is 5.80. The lowest BCUT2D eigenvalue weighted by molar-refractivity contribution is 0.199. The lowest BCUT2D eigenvalue weighted by Crippen LogP contribution is -2.13. The quantitative estimate of drug-likeness (QED) is 0.514. The minimum atomic E-state index is 0.283. The van der Waals surface area contributed by atoms with Gasteiger partial charge in [-0.2, -0.15) is 0 Å². The van der Waals surface area contributed by atoms with Gasteiger partial charge in [0.15, 0.2) is 0 Å². The first-order valence-corrected chi connectivity index (χ1v) is 10.6. The maximum atomic E-state index is 6.23. The number of H-pyrrole nitrogens is 1. The molecule has 0 spiro atoms. The molecule has 1 fully saturated rings. The fourth-order valence-electron chi connectivity index (χ4n) is 4.21. The molecule has 0 radical (unpaired) electrons. The number of hydrogen-bond donors (Lipinski definition) is 1. The monoisotopic (exact) mass is 399 g/mol. The van der Waals surface area contributed by atoms with Gasteiger partial charge in [0.2, 0.25) is 5.88 Å². The fourth-order valence-corrected chi connectivity index (χ4v) is 4.21. The van der Waals surface area contributed by atoms with E-state index in [-0.39, 0.29) is 6.10 Å². The highest BCUT2D eigenvalue weighted by Crippen LogP contribution is 2.27. The molecule has 6 nitrogen and oxygen atoms in total. The van der Waals surface area contributed by atoms with Gasteiger partial charge in [0.25, 0.3) is 0 Å². The van der Waals surface area contributed by atoms with Crippen LogP contribution < -0.4 is 4.74 Å². The molecule has 4 heterocycles. The number of nitrogens with one attached hydrogen (secondary N) is 1. The molecule has 30 heavy (non-hydrogen) atoms. The second-order valence-electron chi connectivity index (χ2n) is 8.06. The van der Waals surface area contributed by atoms with Gasteiger partial charge in [-0.1, -0.05) is 6.07 Å². The number of aromatic amines is 1. The summed E-state index contributed by atoms with van der Waals surface area (Å²) >= 11 is 0. The molecule has 1 saturated carbocycles. The van der Waals surface area contributed by atoms with Crippen LogP contribution in [0.3, 0.4) is 0 Å². The molecule has 6 heteroatoms. The Kier molecular flexibility index (Phi) is 5.13. The zero-order valence-electron chi connectivity index (χ0n) is 17.1. The Balaban J connectivity index is 1.42. The molecule has 5 rings (SSSR count). The molecule has 1 aliphatic rings. The maximum absolute atomic E-state index is 6.23. The highest BCUT2D eigenvalue weighted by Gasteiger charge is 2.19. The van der Waals surface area contributed by atoms with E-state index in [1.165, 1.54) is 18.4 Å². The predicted octanol–water partition coefficient (Wildman–Crippen LogP) is 4.56. The van der Waals surface area contributed by atoms with Crippen molar-refractivity contribution in [2.45, 2.75) is 51.6 Å². The molecule has 0 unspecified atom stereocenters. The Morgan fingerprint density at radius 3 is 2.83 bits per heavy atom. The zero-order valence-corrected chi connectivity index (χ0v) is 17.1. The average molecular weight is 399 g/mol. The highest BCUT2D eigenvalue weighted by atomic mass is 16.5. The van der Waals surface area contributed by atoms with Gasteiger partial charge in [-0.3, -0.25) is 0 Å². The van der Waals surface area contributed by atoms with Crippen molar-refractivity contribution in [1.82, 2.24) is 24.9 Å². The predicted molar refractivity (Wildman–Crippen MR) is 116 cm³/mol. The van der Waals surface area contributed by atoms with Gasteiger partial charge in [0.05, 0.1) is 5.69 Å². The summed E-state index contributed by atoms with van der Waals surface area (Å²) in [5, 5.41) is 1.15. The minimum Gasteiger partial charge on any atom is -0.474 e. The summed E-state index contributed by atoms with van der Waals surface area (Å²) < 4.78 is 6.23. The standard InChI is InChI=1S/C24H25N5O/c1-16-9-21-18(14-28-23(21)27-12-16)10-19-13-25-15-29-22(19)11-17-5-4-8-26-24(17)30-20-6-2-3-7-20/h4-5,8-9,12-15,20H,2-3,6-7,10-11H2,1H3,(H,27,28). The molecule has 4 aromatic rings. The number of pyridine rings is 2. The summed E-state index contributed by atoms with van der Waals surface area (Å²) in [6.45, 7) is 2.06. The van der Waals surface area contributed by atoms with Crippen molar-refractivity contribution in [2.75, 3.05) is 0 Å². The van der Waals surface area contributed by atoms with Crippen LogP contribution in [0.5, 0.6) is 5.88 Å². The summed E-state index contributed by atoms with van der Waals surface area (Å²) in [5.74, 6) is 0.737. The van der Waals surface area contributed by atoms with E-state index in [4.69, 9.17) is 4.74 Å². The average Bonchev–Trinajstić information content (AvgIpc) is 3.41. The minimum absolute atomic E-state index is 0.283. The van der Waals surface area contributed by atoms with E-state index in [1.807, 2.05) is 24.7 Å². The normalized spacial score (nSPS) is 14.4. The summed E-state index contributed by atoms with van der Waals surface area (Å²) in [4.78, 5) is 21.2. The van der Waals surface area contributed by atoms with E-state index in [9.17, 15) is 0 Å². The number of fused-ring (bicyclic) bond motifs is 1. The lowest BCUT2D eigenvalue weighted by Gasteiger charge is -2.15. The molecule has 1 N–H and O–H groups in total. The van der Waals surface area contributed by atoms with Gasteiger partial charge in [-0.15, -0.1) is 0 Å². The van der Waals surface area contributed by atoms with E-state index in [0.29, 0.717) is 6.42 Å². The summed E-state index contributed by atoms with van der Waals surface area (Å²) in [6, 6.07) is 6.22. The van der Waals surface area contributed by atoms with Gasteiger partial charge < -0.3 is 9.72 Å². The molecule has 1 aliphatic carbocycles. The Morgan fingerprint density at radius 2 is 1.93 bits per heavy atom. The Morgan fingerprint density at radius 1 is 1.03 bits per heavy atom. The Labute approximate surface area is 175 Å². The molecule has 0 aliphatic heterocycles. The molecule has 0 aromatic carbocycles. The van der Waals surface area contributed by atoms with E-state index in [1.54, 1.807) is 12.5 Å². The van der Waals surface area contributed by atoms with Gasteiger partial charge >= 0.3 is 0 Å². The van der Waals surface area contributed by atoms with Crippen molar-refractivity contribution in [3.05, 3.63) is 77.3 Å².